The Morgan fingerprint density at radius 2 is 1.77 bits per heavy atom. The monoisotopic (exact) mass is 352 g/mol. The number of hydrogen-bond acceptors (Lipinski definition) is 3. The van der Waals surface area contributed by atoms with Gasteiger partial charge in [0.05, 0.1) is 17.6 Å². The number of carbonyl (C=O) groups is 1. The lowest BCUT2D eigenvalue weighted by Gasteiger charge is -2.12. The molecule has 0 saturated carbocycles. The van der Waals surface area contributed by atoms with Crippen LogP contribution in [0.5, 0.6) is 0 Å². The molecule has 0 fully saturated rings. The summed E-state index contributed by atoms with van der Waals surface area (Å²) in [6.07, 6.45) is 1.81. The van der Waals surface area contributed by atoms with Crippen LogP contribution in [0.2, 0.25) is 0 Å². The Morgan fingerprint density at radius 1 is 1.04 bits per heavy atom. The molecule has 0 amide bonds. The van der Waals surface area contributed by atoms with Crippen molar-refractivity contribution in [3.63, 3.8) is 0 Å². The largest absolute Gasteiger partial charge is 0.457 e. The van der Waals surface area contributed by atoms with Crippen molar-refractivity contribution in [3.8, 4) is 0 Å². The Kier molecular flexibility index (Phi) is 6.56. The molecular formula is C22H28N2O2. The van der Waals surface area contributed by atoms with Crippen LogP contribution in [0.4, 0.5) is 5.69 Å². The van der Waals surface area contributed by atoms with Gasteiger partial charge in [0.25, 0.3) is 0 Å². The molecule has 0 unspecified atom stereocenters. The highest BCUT2D eigenvalue weighted by atomic mass is 16.5. The maximum atomic E-state index is 12.5. The fourth-order valence-corrected chi connectivity index (χ4v) is 2.52. The predicted molar refractivity (Wildman–Crippen MR) is 107 cm³/mol. The number of carbonyl (C=O) groups excluding carboxylic acids is 1. The van der Waals surface area contributed by atoms with Crippen LogP contribution in [-0.4, -0.2) is 30.8 Å². The van der Waals surface area contributed by atoms with Crippen LogP contribution in [0.3, 0.4) is 0 Å². The number of nitrogens with zero attached hydrogens (tertiary/aromatic N) is 2. The minimum atomic E-state index is -0.301. The van der Waals surface area contributed by atoms with Gasteiger partial charge in [-0.05, 0) is 74.6 Å². The van der Waals surface area contributed by atoms with Crippen LogP contribution in [-0.2, 0) is 11.3 Å². The Hall–Kier alpha value is -2.62. The molecule has 0 aliphatic rings. The average molecular weight is 352 g/mol. The zero-order valence-electron chi connectivity index (χ0n) is 16.6. The Morgan fingerprint density at radius 3 is 2.42 bits per heavy atom. The second-order valence-electron chi connectivity index (χ2n) is 6.77. The van der Waals surface area contributed by atoms with E-state index in [0.29, 0.717) is 5.56 Å². The number of aliphatic imine (C=N–C) groups is 1. The summed E-state index contributed by atoms with van der Waals surface area (Å²) in [6, 6.07) is 9.89. The number of ether oxygens (including phenoxy) is 1. The van der Waals surface area contributed by atoms with Crippen molar-refractivity contribution in [2.24, 2.45) is 4.99 Å². The molecule has 26 heavy (non-hydrogen) atoms. The van der Waals surface area contributed by atoms with E-state index >= 15 is 0 Å². The summed E-state index contributed by atoms with van der Waals surface area (Å²) in [6.45, 7) is 11.2. The van der Waals surface area contributed by atoms with Gasteiger partial charge in [0.1, 0.15) is 6.61 Å². The summed E-state index contributed by atoms with van der Waals surface area (Å²) in [7, 11) is 1.98. The van der Waals surface area contributed by atoms with E-state index in [1.165, 1.54) is 11.1 Å². The van der Waals surface area contributed by atoms with Gasteiger partial charge in [0, 0.05) is 13.6 Å². The van der Waals surface area contributed by atoms with Gasteiger partial charge >= 0.3 is 5.97 Å². The SMILES string of the molecule is CCN(C)C=Nc1cc(C)c(C(=O)OCc2ccc(C)c(C)c2)cc1C. The first-order valence-electron chi connectivity index (χ1n) is 8.90. The van der Waals surface area contributed by atoms with Crippen molar-refractivity contribution in [1.29, 1.82) is 0 Å². The van der Waals surface area contributed by atoms with Crippen molar-refractivity contribution in [1.82, 2.24) is 4.90 Å². The molecule has 0 aromatic heterocycles. The third-order valence-corrected chi connectivity index (χ3v) is 4.60. The van der Waals surface area contributed by atoms with E-state index in [0.717, 1.165) is 28.9 Å². The third kappa shape index (κ3) is 4.94. The summed E-state index contributed by atoms with van der Waals surface area (Å²) in [5.74, 6) is -0.301. The molecule has 0 saturated heterocycles. The normalized spacial score (nSPS) is 11.0. The van der Waals surface area contributed by atoms with E-state index in [1.54, 1.807) is 6.34 Å². The summed E-state index contributed by atoms with van der Waals surface area (Å²) in [4.78, 5) is 19.0. The Balaban J connectivity index is 2.12. The van der Waals surface area contributed by atoms with Crippen molar-refractivity contribution < 1.29 is 9.53 Å². The molecule has 0 spiro atoms. The maximum Gasteiger partial charge on any atom is 0.338 e. The number of rotatable bonds is 6. The van der Waals surface area contributed by atoms with Gasteiger partial charge in [-0.2, -0.15) is 0 Å². The molecule has 0 N–H and O–H groups in total. The smallest absolute Gasteiger partial charge is 0.338 e. The molecule has 2 aromatic carbocycles. The maximum absolute atomic E-state index is 12.5. The summed E-state index contributed by atoms with van der Waals surface area (Å²) < 4.78 is 5.51. The highest BCUT2D eigenvalue weighted by molar-refractivity contribution is 5.92. The Bertz CT molecular complexity index is 825. The van der Waals surface area contributed by atoms with Gasteiger partial charge in [0.15, 0.2) is 0 Å². The van der Waals surface area contributed by atoms with Crippen molar-refractivity contribution in [3.05, 3.63) is 63.7 Å². The van der Waals surface area contributed by atoms with Crippen LogP contribution >= 0.6 is 0 Å². The molecule has 0 heterocycles. The van der Waals surface area contributed by atoms with E-state index in [-0.39, 0.29) is 12.6 Å². The van der Waals surface area contributed by atoms with Crippen LogP contribution in [0, 0.1) is 27.7 Å². The van der Waals surface area contributed by atoms with Gasteiger partial charge in [-0.15, -0.1) is 0 Å². The quantitative estimate of drug-likeness (QED) is 0.422. The molecular weight excluding hydrogens is 324 g/mol. The lowest BCUT2D eigenvalue weighted by molar-refractivity contribution is 0.0471. The van der Waals surface area contributed by atoms with E-state index in [9.17, 15) is 4.79 Å². The zero-order chi connectivity index (χ0) is 19.3. The van der Waals surface area contributed by atoms with E-state index < -0.39 is 0 Å². The molecule has 4 heteroatoms. The van der Waals surface area contributed by atoms with Gasteiger partial charge in [-0.25, -0.2) is 9.79 Å². The van der Waals surface area contributed by atoms with E-state index in [2.05, 4.69) is 31.8 Å². The molecule has 0 aliphatic carbocycles. The molecule has 2 rings (SSSR count). The fourth-order valence-electron chi connectivity index (χ4n) is 2.52. The fraction of sp³-hybridized carbons (Fsp3) is 0.364. The van der Waals surface area contributed by atoms with Gasteiger partial charge in [-0.1, -0.05) is 18.2 Å². The second kappa shape index (κ2) is 8.65. The number of hydrogen-bond donors (Lipinski definition) is 0. The van der Waals surface area contributed by atoms with Gasteiger partial charge in [0.2, 0.25) is 0 Å². The predicted octanol–water partition coefficient (Wildman–Crippen LogP) is 4.89. The Labute approximate surface area is 156 Å². The van der Waals surface area contributed by atoms with Gasteiger partial charge < -0.3 is 9.64 Å². The van der Waals surface area contributed by atoms with Crippen LogP contribution in [0.15, 0.2) is 35.3 Å². The first kappa shape index (κ1) is 19.7. The highest BCUT2D eigenvalue weighted by Gasteiger charge is 2.13. The molecule has 138 valence electrons. The number of benzene rings is 2. The first-order chi connectivity index (χ1) is 12.3. The molecule has 2 aromatic rings. The summed E-state index contributed by atoms with van der Waals surface area (Å²) in [5.41, 5.74) is 6.71. The minimum Gasteiger partial charge on any atom is -0.457 e. The lowest BCUT2D eigenvalue weighted by Crippen LogP contribution is -2.14. The second-order valence-corrected chi connectivity index (χ2v) is 6.77. The molecule has 0 aliphatic heterocycles. The van der Waals surface area contributed by atoms with Crippen LogP contribution < -0.4 is 0 Å². The molecule has 0 radical (unpaired) electrons. The van der Waals surface area contributed by atoms with E-state index in [4.69, 9.17) is 4.74 Å². The molecule has 4 nitrogen and oxygen atoms in total. The van der Waals surface area contributed by atoms with Gasteiger partial charge in [-0.3, -0.25) is 0 Å². The standard InChI is InChI=1S/C22H28N2O2/c1-7-24(6)14-23-21-12-17(4)20(11-18(21)5)22(25)26-13-19-9-8-15(2)16(3)10-19/h8-12,14H,7,13H2,1-6H3. The third-order valence-electron chi connectivity index (χ3n) is 4.60. The van der Waals surface area contributed by atoms with Crippen molar-refractivity contribution in [2.75, 3.05) is 13.6 Å². The highest BCUT2D eigenvalue weighted by Crippen LogP contribution is 2.24. The lowest BCUT2D eigenvalue weighted by atomic mass is 10.0. The topological polar surface area (TPSA) is 41.9 Å². The number of esters is 1. The zero-order valence-corrected chi connectivity index (χ0v) is 16.6. The molecule has 0 bridgehead atoms. The summed E-state index contributed by atoms with van der Waals surface area (Å²) in [5, 5.41) is 0. The van der Waals surface area contributed by atoms with Crippen molar-refractivity contribution >= 4 is 18.0 Å². The first-order valence-corrected chi connectivity index (χ1v) is 8.90. The minimum absolute atomic E-state index is 0.277. The van der Waals surface area contributed by atoms with Crippen LogP contribution in [0.25, 0.3) is 0 Å². The number of aryl methyl sites for hydroxylation is 4. The van der Waals surface area contributed by atoms with Crippen LogP contribution in [0.1, 0.15) is 45.1 Å². The average Bonchev–Trinajstić information content (AvgIpc) is 2.62. The van der Waals surface area contributed by atoms with Crippen molar-refractivity contribution in [2.45, 2.75) is 41.2 Å². The molecule has 0 atom stereocenters. The summed E-state index contributed by atoms with van der Waals surface area (Å²) >= 11 is 0. The van der Waals surface area contributed by atoms with E-state index in [1.807, 2.05) is 50.1 Å².